The van der Waals surface area contributed by atoms with Crippen LogP contribution in [0.2, 0.25) is 49.9 Å². The molecular formula is C40H73NO4Si3. The Labute approximate surface area is 300 Å². The third kappa shape index (κ3) is 8.45. The Bertz CT molecular complexity index is 1150. The summed E-state index contributed by atoms with van der Waals surface area (Å²) in [4.78, 5) is 0. The third-order valence-electron chi connectivity index (χ3n) is 11.9. The maximum Gasteiger partial charge on any atom is 0.201 e. The van der Waals surface area contributed by atoms with Gasteiger partial charge >= 0.3 is 0 Å². The highest BCUT2D eigenvalue weighted by Gasteiger charge is 2.55. The minimum absolute atomic E-state index is 0.284. The summed E-state index contributed by atoms with van der Waals surface area (Å²) < 4.78 is 30.0. The first-order valence-corrected chi connectivity index (χ1v) is 25.5. The van der Waals surface area contributed by atoms with E-state index in [-0.39, 0.29) is 18.3 Å². The van der Waals surface area contributed by atoms with E-state index >= 15 is 0 Å². The molecule has 0 amide bonds. The fourth-order valence-electron chi connectivity index (χ4n) is 9.99. The second-order valence-electron chi connectivity index (χ2n) is 17.3. The van der Waals surface area contributed by atoms with Crippen molar-refractivity contribution in [1.29, 1.82) is 5.26 Å². The maximum absolute atomic E-state index is 9.53. The molecule has 8 heteroatoms. The van der Waals surface area contributed by atoms with Gasteiger partial charge in [0.1, 0.15) is 18.0 Å². The van der Waals surface area contributed by atoms with Gasteiger partial charge in [0, 0.05) is 5.56 Å². The molecule has 1 heterocycles. The molecule has 1 aliphatic rings. The summed E-state index contributed by atoms with van der Waals surface area (Å²) in [6.45, 7) is 42.8. The Morgan fingerprint density at radius 2 is 0.958 bits per heavy atom. The molecule has 0 bridgehead atoms. The highest BCUT2D eigenvalue weighted by molar-refractivity contribution is 6.78. The van der Waals surface area contributed by atoms with Crippen LogP contribution in [0.3, 0.4) is 0 Å². The van der Waals surface area contributed by atoms with Crippen molar-refractivity contribution in [2.75, 3.05) is 6.61 Å². The Morgan fingerprint density at radius 1 is 0.583 bits per heavy atom. The molecule has 274 valence electrons. The normalized spacial score (nSPS) is 19.9. The second kappa shape index (κ2) is 17.3. The van der Waals surface area contributed by atoms with Gasteiger partial charge in [-0.1, -0.05) is 125 Å². The number of benzene rings is 1. The number of hydrogen-bond acceptors (Lipinski definition) is 5. The molecule has 1 aliphatic heterocycles. The largest absolute Gasteiger partial charge is 0.485 e. The lowest BCUT2D eigenvalue weighted by Gasteiger charge is -2.52. The van der Waals surface area contributed by atoms with E-state index in [4.69, 9.17) is 18.0 Å². The van der Waals surface area contributed by atoms with Crippen molar-refractivity contribution in [3.63, 3.8) is 0 Å². The highest BCUT2D eigenvalue weighted by atomic mass is 28.4. The van der Waals surface area contributed by atoms with Crippen LogP contribution in [0.4, 0.5) is 0 Å². The quantitative estimate of drug-likeness (QED) is 0.150. The summed E-state index contributed by atoms with van der Waals surface area (Å²) in [6, 6.07) is 10.0. The molecule has 1 aromatic rings. The van der Waals surface area contributed by atoms with E-state index in [0.717, 1.165) is 11.3 Å². The predicted molar refractivity (Wildman–Crippen MR) is 213 cm³/mol. The van der Waals surface area contributed by atoms with E-state index in [1.807, 2.05) is 24.3 Å². The van der Waals surface area contributed by atoms with Crippen molar-refractivity contribution in [2.24, 2.45) is 0 Å². The lowest BCUT2D eigenvalue weighted by molar-refractivity contribution is -0.0620. The van der Waals surface area contributed by atoms with Crippen LogP contribution < -0.4 is 0 Å². The zero-order valence-corrected chi connectivity index (χ0v) is 37.1. The van der Waals surface area contributed by atoms with E-state index in [1.165, 1.54) is 0 Å². The average molecular weight is 716 g/mol. The van der Waals surface area contributed by atoms with Crippen molar-refractivity contribution in [1.82, 2.24) is 0 Å². The van der Waals surface area contributed by atoms with E-state index in [1.54, 1.807) is 0 Å². The molecule has 0 N–H and O–H groups in total. The number of rotatable bonds is 17. The number of ether oxygens (including phenoxy) is 1. The van der Waals surface area contributed by atoms with Crippen LogP contribution in [-0.4, -0.2) is 49.9 Å². The Morgan fingerprint density at radius 3 is 1.31 bits per heavy atom. The van der Waals surface area contributed by atoms with Crippen LogP contribution in [0.15, 0.2) is 30.3 Å². The van der Waals surface area contributed by atoms with Crippen molar-refractivity contribution < 1.29 is 18.0 Å². The summed E-state index contributed by atoms with van der Waals surface area (Å²) in [6.07, 6.45) is 1.30. The molecule has 3 atom stereocenters. The molecular weight excluding hydrogens is 643 g/mol. The van der Waals surface area contributed by atoms with Crippen molar-refractivity contribution >= 4 is 30.7 Å². The van der Waals surface area contributed by atoms with Gasteiger partial charge in [0.05, 0.1) is 24.3 Å². The van der Waals surface area contributed by atoms with Crippen LogP contribution >= 0.6 is 0 Å². The first kappa shape index (κ1) is 42.9. The molecule has 0 spiro atoms. The third-order valence-corrected chi connectivity index (χ3v) is 30.2. The fourth-order valence-corrected chi connectivity index (χ4v) is 26.5. The maximum atomic E-state index is 9.53. The topological polar surface area (TPSA) is 60.7 Å². The van der Waals surface area contributed by atoms with Crippen LogP contribution in [0.5, 0.6) is 0 Å². The van der Waals surface area contributed by atoms with E-state index in [2.05, 4.69) is 137 Å². The number of nitrogens with zero attached hydrogens (tertiary/aromatic N) is 1. The molecule has 2 rings (SSSR count). The molecule has 1 aromatic carbocycles. The predicted octanol–water partition coefficient (Wildman–Crippen LogP) is 12.6. The lowest BCUT2D eigenvalue weighted by atomic mass is 10.0. The lowest BCUT2D eigenvalue weighted by Crippen LogP contribution is -2.61. The van der Waals surface area contributed by atoms with Gasteiger partial charge in [-0.25, -0.2) is 0 Å². The fraction of sp³-hybridized carbons (Fsp3) is 0.775. The molecule has 0 saturated heterocycles. The number of hydrogen-bond donors (Lipinski definition) is 0. The molecule has 48 heavy (non-hydrogen) atoms. The summed E-state index contributed by atoms with van der Waals surface area (Å²) in [5.74, 6) is 0.800. The minimum atomic E-state index is -2.36. The second-order valence-corrected chi connectivity index (χ2v) is 33.6. The van der Waals surface area contributed by atoms with Crippen LogP contribution in [0.25, 0.3) is 5.76 Å². The van der Waals surface area contributed by atoms with Gasteiger partial charge < -0.3 is 18.0 Å². The molecule has 0 unspecified atom stereocenters. The SMILES string of the molecule is CC(C)[Si](OC[C@H]1OC(c2ccc(C#N)cc2)=C[C@@H](O[Si](C(C)C)(C(C)C)C(C)C)[C@@H]1O[Si](C(C)C)(C(C)C)C(C)C)(C(C)C)C(C)C. The summed E-state index contributed by atoms with van der Waals surface area (Å²) >= 11 is 0. The van der Waals surface area contributed by atoms with Crippen molar-refractivity contribution in [3.8, 4) is 6.07 Å². The molecule has 0 aromatic heterocycles. The minimum Gasteiger partial charge on any atom is -0.485 e. The molecule has 0 aliphatic carbocycles. The zero-order chi connectivity index (χ0) is 36.9. The van der Waals surface area contributed by atoms with E-state index in [0.29, 0.717) is 62.0 Å². The van der Waals surface area contributed by atoms with Gasteiger partial charge in [-0.05, 0) is 80.2 Å². The van der Waals surface area contributed by atoms with Crippen molar-refractivity contribution in [2.45, 2.75) is 193 Å². The summed E-state index contributed by atoms with van der Waals surface area (Å²) in [7, 11) is -6.92. The van der Waals surface area contributed by atoms with Gasteiger partial charge in [-0.15, -0.1) is 0 Å². The number of nitriles is 1. The van der Waals surface area contributed by atoms with Crippen molar-refractivity contribution in [3.05, 3.63) is 41.5 Å². The molecule has 0 fully saturated rings. The first-order chi connectivity index (χ1) is 22.2. The van der Waals surface area contributed by atoms with Gasteiger partial charge in [0.25, 0.3) is 0 Å². The van der Waals surface area contributed by atoms with Gasteiger partial charge in [-0.2, -0.15) is 5.26 Å². The smallest absolute Gasteiger partial charge is 0.201 e. The zero-order valence-electron chi connectivity index (χ0n) is 34.1. The summed E-state index contributed by atoms with van der Waals surface area (Å²) in [5, 5.41) is 9.53. The van der Waals surface area contributed by atoms with Crippen LogP contribution in [0, 0.1) is 11.3 Å². The Hall–Kier alpha value is -1.22. The average Bonchev–Trinajstić information content (AvgIpc) is 2.97. The molecule has 0 saturated carbocycles. The van der Waals surface area contributed by atoms with Gasteiger partial charge in [0.2, 0.25) is 25.0 Å². The monoisotopic (exact) mass is 715 g/mol. The first-order valence-electron chi connectivity index (χ1n) is 19.0. The highest BCUT2D eigenvalue weighted by Crippen LogP contribution is 2.49. The summed E-state index contributed by atoms with van der Waals surface area (Å²) in [5.41, 5.74) is 5.49. The van der Waals surface area contributed by atoms with Crippen LogP contribution in [-0.2, 0) is 18.0 Å². The van der Waals surface area contributed by atoms with E-state index in [9.17, 15) is 5.26 Å². The van der Waals surface area contributed by atoms with Gasteiger partial charge in [0.15, 0.2) is 0 Å². The molecule has 0 radical (unpaired) electrons. The standard InChI is InChI=1S/C40H73NO4Si3/c1-26(2)46(27(3)4,28(5)6)42-25-39-40(45-48(32(13)14,33(15)16)34(17)18)38(44-47(29(7)8,30(9)10)31(11)12)23-37(43-39)36-21-19-35(24-41)20-22-36/h19-23,26-34,38-40H,25H2,1-18H3/t38-,39-,40+/m1/s1. The Balaban J connectivity index is 2.94. The van der Waals surface area contributed by atoms with Gasteiger partial charge in [-0.3, -0.25) is 0 Å². The molecule has 5 nitrogen and oxygen atoms in total. The Kier molecular flexibility index (Phi) is 15.5. The van der Waals surface area contributed by atoms with E-state index < -0.39 is 25.0 Å². The van der Waals surface area contributed by atoms with Crippen LogP contribution in [0.1, 0.15) is 136 Å².